The van der Waals surface area contributed by atoms with Crippen LogP contribution in [0.1, 0.15) is 204 Å². The Labute approximate surface area is 354 Å². The Kier molecular flexibility index (Phi) is 24.7. The molecule has 1 rings (SSSR count). The number of rotatable bonds is 0. The van der Waals surface area contributed by atoms with Crippen LogP contribution in [0, 0.1) is 20.8 Å². The van der Waals surface area contributed by atoms with Crippen LogP contribution >= 0.6 is 0 Å². The molecule has 0 aliphatic heterocycles. The molecule has 0 bridgehead atoms. The zero-order valence-corrected chi connectivity index (χ0v) is 49.9. The van der Waals surface area contributed by atoms with Gasteiger partial charge >= 0.3 is 98.5 Å². The Morgan fingerprint density at radius 3 is 0.510 bits per heavy atom. The molecule has 0 aliphatic carbocycles. The predicted octanol–water partition coefficient (Wildman–Crippen LogP) is 15.3. The Morgan fingerprint density at radius 2 is 0.431 bits per heavy atom. The molecule has 0 saturated carbocycles. The van der Waals surface area contributed by atoms with E-state index in [0.29, 0.717) is 45.3 Å². The molecule has 0 aromatic heterocycles. The van der Waals surface area contributed by atoms with E-state index in [0.717, 1.165) is 0 Å². The molecule has 6 heteroatoms. The molecule has 0 amide bonds. The third-order valence-electron chi connectivity index (χ3n) is 8.43. The average Bonchev–Trinajstić information content (AvgIpc) is 2.70. The molecule has 0 aliphatic rings. The summed E-state index contributed by atoms with van der Waals surface area (Å²) >= 11 is 6.17. The molecule has 0 saturated heterocycles. The molecule has 0 heterocycles. The summed E-state index contributed by atoms with van der Waals surface area (Å²) in [5.41, 5.74) is 4.16. The first-order valence-corrected chi connectivity index (χ1v) is 31.5. The first-order chi connectivity index (χ1) is 21.7. The summed E-state index contributed by atoms with van der Waals surface area (Å²) < 4.78 is 1.42. The van der Waals surface area contributed by atoms with Gasteiger partial charge in [0, 0.05) is 0 Å². The van der Waals surface area contributed by atoms with Gasteiger partial charge in [0.05, 0.1) is 26.4 Å². The molecule has 0 fully saturated rings. The molecular formula is C45H92Ge3Si3. The fraction of sp³-hybridized carbons (Fsp3) is 0.867. The summed E-state index contributed by atoms with van der Waals surface area (Å²) in [6.45, 7) is 71.3. The Hall–Kier alpha value is 1.50. The standard InChI is InChI=1S/3C12H27Si.C9H11Ge.Ge2/c3*1-10(2,3)13(11(4,5)6)12(7,8)9;1-6-4-7(2)9(10)8(3)5-6;1-2/h3*1-9H3;4-5H,1-3H3;. The van der Waals surface area contributed by atoms with Crippen molar-refractivity contribution in [2.45, 2.75) is 253 Å². The fourth-order valence-corrected chi connectivity index (χ4v) is 31.9. The monoisotopic (exact) mass is 938 g/mol. The minimum atomic E-state index is -0.391. The quantitative estimate of drug-likeness (QED) is 0.227. The van der Waals surface area contributed by atoms with E-state index in [9.17, 15) is 0 Å². The Bertz CT molecular complexity index is 901. The third kappa shape index (κ3) is 24.7. The van der Waals surface area contributed by atoms with E-state index < -0.39 is 26.4 Å². The molecule has 51 heavy (non-hydrogen) atoms. The number of hydrogen-bond donors (Lipinski definition) is 0. The third-order valence-corrected chi connectivity index (χ3v) is 23.6. The summed E-state index contributed by atoms with van der Waals surface area (Å²) in [7, 11) is -1.17. The van der Waals surface area contributed by atoms with Crippen molar-refractivity contribution in [1.29, 1.82) is 0 Å². The Balaban J connectivity index is -0.000000285. The second kappa shape index (κ2) is 21.3. The van der Waals surface area contributed by atoms with Gasteiger partial charge in [-0.3, -0.25) is 0 Å². The van der Waals surface area contributed by atoms with Crippen molar-refractivity contribution in [3.8, 4) is 0 Å². The van der Waals surface area contributed by atoms with Crippen molar-refractivity contribution in [3.05, 3.63) is 28.8 Å². The summed E-state index contributed by atoms with van der Waals surface area (Å²) in [6, 6.07) is 4.45. The first-order valence-electron chi connectivity index (χ1n) is 19.4. The van der Waals surface area contributed by atoms with Gasteiger partial charge < -0.3 is 0 Å². The van der Waals surface area contributed by atoms with Gasteiger partial charge in [-0.25, -0.2) is 0 Å². The average molecular weight is 935 g/mol. The van der Waals surface area contributed by atoms with Crippen LogP contribution < -0.4 is 4.40 Å². The van der Waals surface area contributed by atoms with Crippen molar-refractivity contribution < 1.29 is 0 Å². The zero-order chi connectivity index (χ0) is 43.0. The van der Waals surface area contributed by atoms with Crippen LogP contribution in [-0.4, -0.2) is 70.9 Å². The topological polar surface area (TPSA) is 0 Å². The van der Waals surface area contributed by atoms with E-state index in [1.54, 1.807) is 0 Å². The van der Waals surface area contributed by atoms with E-state index in [1.807, 2.05) is 28.0 Å². The van der Waals surface area contributed by atoms with Crippen molar-refractivity contribution in [1.82, 2.24) is 0 Å². The predicted molar refractivity (Wildman–Crippen MR) is 252 cm³/mol. The maximum atomic E-state index is 2.40. The summed E-state index contributed by atoms with van der Waals surface area (Å²) in [4.78, 5) is 0. The summed E-state index contributed by atoms with van der Waals surface area (Å²) in [5.74, 6) is 0. The molecule has 296 valence electrons. The fourth-order valence-electron chi connectivity index (χ4n) is 11.3. The van der Waals surface area contributed by atoms with Gasteiger partial charge in [-0.2, -0.15) is 0 Å². The normalized spacial score (nSPS) is 13.7. The van der Waals surface area contributed by atoms with E-state index in [4.69, 9.17) is 0 Å². The summed E-state index contributed by atoms with van der Waals surface area (Å²) in [5, 5.41) is 4.39. The SMILES string of the molecule is CC(C)(C)[Si](C(C)(C)C)C(C)(C)C.CC(C)(C)[Si](C(C)(C)C)C(C)(C)C.CC(C)(C)[Si](C(C)(C)C)C(C)(C)C.Cc1cc(C)[c]([Ge])c(C)c1.[Ge]=[Ge]. The molecule has 1 aromatic carbocycles. The molecule has 0 atom stereocenters. The molecule has 10 radical (unpaired) electrons. The van der Waals surface area contributed by atoms with Crippen LogP contribution in [0.15, 0.2) is 12.1 Å². The van der Waals surface area contributed by atoms with E-state index >= 15 is 0 Å². The number of hydrogen-bond acceptors (Lipinski definition) is 0. The molecule has 0 nitrogen and oxygen atoms in total. The Morgan fingerprint density at radius 1 is 0.314 bits per heavy atom. The van der Waals surface area contributed by atoms with Gasteiger partial charge in [0.2, 0.25) is 0 Å². The van der Waals surface area contributed by atoms with Gasteiger partial charge in [0.15, 0.2) is 0 Å². The van der Waals surface area contributed by atoms with Gasteiger partial charge in [-0.05, 0) is 45.3 Å². The first kappa shape index (κ1) is 59.2. The van der Waals surface area contributed by atoms with Gasteiger partial charge in [-0.15, -0.1) is 0 Å². The molecule has 0 unspecified atom stereocenters. The molecule has 0 N–H and O–H groups in total. The van der Waals surface area contributed by atoms with Crippen molar-refractivity contribution in [2.75, 3.05) is 0 Å². The van der Waals surface area contributed by atoms with Crippen LogP contribution in [0.3, 0.4) is 0 Å². The number of benzene rings is 1. The summed E-state index contributed by atoms with van der Waals surface area (Å²) in [6.07, 6.45) is 0. The van der Waals surface area contributed by atoms with Gasteiger partial charge in [0.25, 0.3) is 0 Å². The molecule has 1 aromatic rings. The van der Waals surface area contributed by atoms with Crippen LogP contribution in [0.25, 0.3) is 0 Å². The van der Waals surface area contributed by atoms with Crippen molar-refractivity contribution >= 4 is 75.3 Å². The van der Waals surface area contributed by atoms with E-state index in [-0.39, 0.29) is 0 Å². The van der Waals surface area contributed by atoms with Gasteiger partial charge in [-0.1, -0.05) is 187 Å². The molecular weight excluding hydrogens is 843 g/mol. The van der Waals surface area contributed by atoms with Gasteiger partial charge in [0.1, 0.15) is 0 Å². The number of aryl methyl sites for hydroxylation is 3. The second-order valence-electron chi connectivity index (χ2n) is 24.1. The zero-order valence-electron chi connectivity index (χ0n) is 40.7. The van der Waals surface area contributed by atoms with E-state index in [1.165, 1.54) is 21.1 Å². The van der Waals surface area contributed by atoms with Crippen LogP contribution in [0.4, 0.5) is 0 Å². The van der Waals surface area contributed by atoms with Crippen LogP contribution in [0.5, 0.6) is 0 Å². The van der Waals surface area contributed by atoms with E-state index in [2.05, 4.69) is 236 Å². The minimum absolute atomic E-state index is 0.391. The second-order valence-corrected chi connectivity index (χ2v) is 40.9. The van der Waals surface area contributed by atoms with Crippen LogP contribution in [-0.2, 0) is 0 Å². The maximum absolute atomic E-state index is 2.40. The van der Waals surface area contributed by atoms with Crippen molar-refractivity contribution in [3.63, 3.8) is 0 Å². The van der Waals surface area contributed by atoms with Crippen LogP contribution in [0.2, 0.25) is 45.3 Å². The molecule has 0 spiro atoms. The van der Waals surface area contributed by atoms with Crippen molar-refractivity contribution in [2.24, 2.45) is 0 Å².